The fourth-order valence-corrected chi connectivity index (χ4v) is 2.06. The van der Waals surface area contributed by atoms with Gasteiger partial charge in [0.2, 0.25) is 0 Å². The van der Waals surface area contributed by atoms with Crippen molar-refractivity contribution in [2.24, 2.45) is 11.8 Å². The Morgan fingerprint density at radius 2 is 1.83 bits per heavy atom. The van der Waals surface area contributed by atoms with Crippen molar-refractivity contribution in [3.05, 3.63) is 0 Å². The van der Waals surface area contributed by atoms with Gasteiger partial charge in [-0.15, -0.1) is 0 Å². The zero-order valence-corrected chi connectivity index (χ0v) is 10.1. The highest BCUT2D eigenvalue weighted by Gasteiger charge is 2.47. The van der Waals surface area contributed by atoms with Gasteiger partial charge in [0, 0.05) is 0 Å². The molecule has 102 valence electrons. The molecule has 7 heteroatoms. The van der Waals surface area contributed by atoms with Gasteiger partial charge in [0.05, 0.1) is 6.61 Å². The molecule has 18 heavy (non-hydrogen) atoms. The molecule has 0 aromatic heterocycles. The largest absolute Gasteiger partial charge is 0.481 e. The normalized spacial score (nSPS) is 31.7. The van der Waals surface area contributed by atoms with E-state index in [0.717, 1.165) is 0 Å². The molecule has 0 saturated carbocycles. The number of hydrogen-bond acceptors (Lipinski definition) is 6. The lowest BCUT2D eigenvalue weighted by atomic mass is 9.87. The highest BCUT2D eigenvalue weighted by Crippen LogP contribution is 2.29. The molecule has 1 N–H and O–H groups in total. The maximum Gasteiger partial charge on any atom is 0.312 e. The Morgan fingerprint density at radius 3 is 2.28 bits per heavy atom. The second-order valence-corrected chi connectivity index (χ2v) is 4.38. The van der Waals surface area contributed by atoms with E-state index in [1.807, 2.05) is 13.8 Å². The zero-order valence-electron chi connectivity index (χ0n) is 10.1. The van der Waals surface area contributed by atoms with E-state index in [1.165, 1.54) is 0 Å². The van der Waals surface area contributed by atoms with Crippen molar-refractivity contribution in [2.45, 2.75) is 32.2 Å². The third-order valence-corrected chi connectivity index (χ3v) is 2.91. The smallest absolute Gasteiger partial charge is 0.312 e. The molecule has 1 fully saturated rings. The fourth-order valence-electron chi connectivity index (χ4n) is 2.06. The average molecular weight is 260 g/mol. The molecule has 4 unspecified atom stereocenters. The van der Waals surface area contributed by atoms with Gasteiger partial charge in [0.25, 0.3) is 12.9 Å². The van der Waals surface area contributed by atoms with Crippen molar-refractivity contribution < 1.29 is 33.7 Å². The molecule has 0 spiro atoms. The van der Waals surface area contributed by atoms with E-state index in [0.29, 0.717) is 0 Å². The van der Waals surface area contributed by atoms with Crippen LogP contribution in [0.1, 0.15) is 13.8 Å². The standard InChI is InChI=1S/C11H16O7/c1-6(2)8-10(18-5-13)9(17-4-12)7(3-16-8)11(14)15/h4-10H,3H2,1-2H3,(H,14,15). The molecule has 1 rings (SSSR count). The molecule has 1 saturated heterocycles. The van der Waals surface area contributed by atoms with Crippen molar-refractivity contribution in [1.82, 2.24) is 0 Å². The summed E-state index contributed by atoms with van der Waals surface area (Å²) in [5.74, 6) is -2.22. The zero-order chi connectivity index (χ0) is 13.7. The van der Waals surface area contributed by atoms with Gasteiger partial charge in [-0.2, -0.15) is 0 Å². The first-order chi connectivity index (χ1) is 8.52. The molecule has 1 aliphatic heterocycles. The van der Waals surface area contributed by atoms with Crippen molar-refractivity contribution in [3.8, 4) is 0 Å². The van der Waals surface area contributed by atoms with Gasteiger partial charge >= 0.3 is 5.97 Å². The van der Waals surface area contributed by atoms with E-state index in [1.54, 1.807) is 0 Å². The topological polar surface area (TPSA) is 99.1 Å². The second kappa shape index (κ2) is 6.34. The Morgan fingerprint density at radius 1 is 1.28 bits per heavy atom. The monoisotopic (exact) mass is 260 g/mol. The van der Waals surface area contributed by atoms with Crippen molar-refractivity contribution in [2.75, 3.05) is 6.61 Å². The van der Waals surface area contributed by atoms with Crippen LogP contribution in [0.5, 0.6) is 0 Å². The first-order valence-electron chi connectivity index (χ1n) is 5.55. The molecule has 0 aromatic rings. The van der Waals surface area contributed by atoms with Crippen LogP contribution in [0.25, 0.3) is 0 Å². The van der Waals surface area contributed by atoms with Crippen LogP contribution in [0, 0.1) is 11.8 Å². The van der Waals surface area contributed by atoms with Gasteiger partial charge in [0.15, 0.2) is 12.2 Å². The highest BCUT2D eigenvalue weighted by molar-refractivity contribution is 5.71. The number of carboxylic acids is 1. The van der Waals surface area contributed by atoms with Gasteiger partial charge in [-0.25, -0.2) is 0 Å². The SMILES string of the molecule is CC(C)C1OCC(C(=O)O)C(OC=O)C1OC=O. The van der Waals surface area contributed by atoms with Crippen molar-refractivity contribution in [1.29, 1.82) is 0 Å². The molecule has 7 nitrogen and oxygen atoms in total. The van der Waals surface area contributed by atoms with Gasteiger partial charge in [0.1, 0.15) is 12.0 Å². The Bertz CT molecular complexity index is 315. The number of carbonyl (C=O) groups excluding carboxylic acids is 2. The van der Waals surface area contributed by atoms with E-state index >= 15 is 0 Å². The molecule has 0 aromatic carbocycles. The van der Waals surface area contributed by atoms with Gasteiger partial charge in [-0.1, -0.05) is 13.8 Å². The summed E-state index contributed by atoms with van der Waals surface area (Å²) in [6.07, 6.45) is -2.45. The first kappa shape index (κ1) is 14.4. The van der Waals surface area contributed by atoms with Crippen LogP contribution in [-0.4, -0.2) is 48.9 Å². The third kappa shape index (κ3) is 2.98. The first-order valence-corrected chi connectivity index (χ1v) is 5.55. The molecule has 4 atom stereocenters. The number of ether oxygens (including phenoxy) is 3. The van der Waals surface area contributed by atoms with E-state index in [9.17, 15) is 14.4 Å². The summed E-state index contributed by atoms with van der Waals surface area (Å²) in [4.78, 5) is 32.0. The quantitative estimate of drug-likeness (QED) is 0.661. The summed E-state index contributed by atoms with van der Waals surface area (Å²) in [6, 6.07) is 0. The van der Waals surface area contributed by atoms with Gasteiger partial charge in [-0.3, -0.25) is 14.4 Å². The van der Waals surface area contributed by atoms with Crippen LogP contribution in [-0.2, 0) is 28.6 Å². The van der Waals surface area contributed by atoms with Crippen LogP contribution in [0.3, 0.4) is 0 Å². The summed E-state index contributed by atoms with van der Waals surface area (Å²) in [5.41, 5.74) is 0. The predicted molar refractivity (Wildman–Crippen MR) is 57.6 cm³/mol. The van der Waals surface area contributed by atoms with Gasteiger partial charge in [-0.05, 0) is 5.92 Å². The Labute approximate surface area is 104 Å². The third-order valence-electron chi connectivity index (χ3n) is 2.91. The minimum atomic E-state index is -1.16. The molecule has 1 heterocycles. The van der Waals surface area contributed by atoms with Crippen LogP contribution in [0.15, 0.2) is 0 Å². The minimum Gasteiger partial charge on any atom is -0.481 e. The van der Waals surface area contributed by atoms with Crippen LogP contribution >= 0.6 is 0 Å². The molecule has 0 aliphatic carbocycles. The predicted octanol–water partition coefficient (Wildman–Crippen LogP) is -0.175. The number of rotatable bonds is 6. The van der Waals surface area contributed by atoms with Crippen molar-refractivity contribution >= 4 is 18.9 Å². The summed E-state index contributed by atoms with van der Waals surface area (Å²) < 4.78 is 15.0. The van der Waals surface area contributed by atoms with Crippen LogP contribution < -0.4 is 0 Å². The molecular weight excluding hydrogens is 244 g/mol. The summed E-state index contributed by atoms with van der Waals surface area (Å²) in [7, 11) is 0. The Kier molecular flexibility index (Phi) is 5.08. The van der Waals surface area contributed by atoms with Crippen molar-refractivity contribution in [3.63, 3.8) is 0 Å². The van der Waals surface area contributed by atoms with E-state index < -0.39 is 30.2 Å². The number of carboxylic acid groups (broad SMARTS) is 1. The number of hydrogen-bond donors (Lipinski definition) is 1. The number of carbonyl (C=O) groups is 3. The lowest BCUT2D eigenvalue weighted by Gasteiger charge is -2.40. The van der Waals surface area contributed by atoms with E-state index in [2.05, 4.69) is 0 Å². The highest BCUT2D eigenvalue weighted by atomic mass is 16.6. The Balaban J connectivity index is 2.96. The summed E-state index contributed by atoms with van der Waals surface area (Å²) in [6.45, 7) is 3.95. The molecule has 0 radical (unpaired) electrons. The summed E-state index contributed by atoms with van der Waals surface area (Å²) in [5, 5.41) is 9.03. The second-order valence-electron chi connectivity index (χ2n) is 4.38. The maximum atomic E-state index is 11.0. The maximum absolute atomic E-state index is 11.0. The summed E-state index contributed by atoms with van der Waals surface area (Å²) >= 11 is 0. The Hall–Kier alpha value is -1.63. The molecular formula is C11H16O7. The average Bonchev–Trinajstić information content (AvgIpc) is 2.30. The van der Waals surface area contributed by atoms with E-state index in [4.69, 9.17) is 19.3 Å². The molecule has 1 aliphatic rings. The molecule has 0 amide bonds. The number of aliphatic carboxylic acids is 1. The lowest BCUT2D eigenvalue weighted by Crippen LogP contribution is -2.56. The van der Waals surface area contributed by atoms with Crippen LogP contribution in [0.2, 0.25) is 0 Å². The van der Waals surface area contributed by atoms with Gasteiger partial charge < -0.3 is 19.3 Å². The lowest BCUT2D eigenvalue weighted by molar-refractivity contribution is -0.208. The fraction of sp³-hybridized carbons (Fsp3) is 0.727. The van der Waals surface area contributed by atoms with E-state index in [-0.39, 0.29) is 25.5 Å². The minimum absolute atomic E-state index is 0.0116. The van der Waals surface area contributed by atoms with Crippen LogP contribution in [0.4, 0.5) is 0 Å². The molecule has 0 bridgehead atoms.